The summed E-state index contributed by atoms with van der Waals surface area (Å²) in [5.41, 5.74) is -2.41. The minimum Gasteiger partial charge on any atom is -0.474 e. The average molecular weight is 628 g/mol. The van der Waals surface area contributed by atoms with Crippen molar-refractivity contribution >= 4 is 39.5 Å². The summed E-state index contributed by atoms with van der Waals surface area (Å²) in [5, 5.41) is 2.17. The van der Waals surface area contributed by atoms with Gasteiger partial charge in [0.15, 0.2) is 5.54 Å². The van der Waals surface area contributed by atoms with Crippen molar-refractivity contribution < 1.29 is 50.3 Å². The first-order chi connectivity index (χ1) is 19.3. The van der Waals surface area contributed by atoms with Crippen LogP contribution in [0.15, 0.2) is 18.3 Å². The van der Waals surface area contributed by atoms with E-state index >= 15 is 0 Å². The number of rotatable bonds is 10. The summed E-state index contributed by atoms with van der Waals surface area (Å²) in [4.78, 5) is 47.6. The standard InChI is InChI=1S/C23H29ClF3N5O8S/c24-16-2-3-18(28-14-16)39-17-4-8-31(9-5-17)41(36,37)15-22(6-1-7-30-10-12-38-13-11-30)19(33)29-21(35)32(22)40-20(34)23(25,26)27/h2-3,14,17H,1,4-13,15H2,(H,29,33,35). The molecule has 1 N–H and O–H groups in total. The second-order valence-corrected chi connectivity index (χ2v) is 12.2. The number of nitrogens with one attached hydrogen (secondary N) is 1. The van der Waals surface area contributed by atoms with Crippen LogP contribution in [0.3, 0.4) is 0 Å². The van der Waals surface area contributed by atoms with Crippen molar-refractivity contribution in [3.8, 4) is 5.88 Å². The number of hydroxylamine groups is 2. The van der Waals surface area contributed by atoms with Crippen LogP contribution in [0, 0.1) is 0 Å². The third kappa shape index (κ3) is 7.57. The van der Waals surface area contributed by atoms with E-state index in [9.17, 15) is 36.0 Å². The number of sulfonamides is 1. The van der Waals surface area contributed by atoms with Gasteiger partial charge in [0.2, 0.25) is 15.9 Å². The lowest BCUT2D eigenvalue weighted by Crippen LogP contribution is -2.58. The first-order valence-corrected chi connectivity index (χ1v) is 14.8. The Balaban J connectivity index is 1.50. The quantitative estimate of drug-likeness (QED) is 0.377. The molecule has 0 saturated carbocycles. The molecule has 1 unspecified atom stereocenters. The molecule has 1 aromatic heterocycles. The Labute approximate surface area is 238 Å². The highest BCUT2D eigenvalue weighted by molar-refractivity contribution is 7.89. The summed E-state index contributed by atoms with van der Waals surface area (Å²) < 4.78 is 78.3. The Morgan fingerprint density at radius 3 is 2.46 bits per heavy atom. The molecule has 4 rings (SSSR count). The Kier molecular flexibility index (Phi) is 9.63. The molecule has 0 spiro atoms. The smallest absolute Gasteiger partial charge is 0.474 e. The number of carbonyl (C=O) groups is 3. The zero-order chi connectivity index (χ0) is 29.8. The van der Waals surface area contributed by atoms with E-state index in [1.54, 1.807) is 12.1 Å². The molecule has 3 aliphatic rings. The van der Waals surface area contributed by atoms with E-state index in [-0.39, 0.29) is 49.9 Å². The molecular weight excluding hydrogens is 599 g/mol. The van der Waals surface area contributed by atoms with Gasteiger partial charge >= 0.3 is 18.2 Å². The van der Waals surface area contributed by atoms with Crippen LogP contribution < -0.4 is 10.1 Å². The SMILES string of the molecule is O=C1NC(=O)C(CCCN2CCOCC2)(CS(=O)(=O)N2CCC(Oc3ccc(Cl)cn3)CC2)N1OC(=O)C(F)(F)F. The highest BCUT2D eigenvalue weighted by atomic mass is 35.5. The Morgan fingerprint density at radius 2 is 1.85 bits per heavy atom. The van der Waals surface area contributed by atoms with E-state index < -0.39 is 45.4 Å². The van der Waals surface area contributed by atoms with Crippen molar-refractivity contribution in [3.63, 3.8) is 0 Å². The number of pyridine rings is 1. The third-order valence-electron chi connectivity index (χ3n) is 6.99. The molecule has 228 valence electrons. The van der Waals surface area contributed by atoms with Crippen molar-refractivity contribution in [2.24, 2.45) is 0 Å². The van der Waals surface area contributed by atoms with Crippen LogP contribution >= 0.6 is 11.6 Å². The molecule has 4 heterocycles. The minimum atomic E-state index is -5.49. The second kappa shape index (κ2) is 12.6. The molecular formula is C23H29ClF3N5O8S. The maximum absolute atomic E-state index is 13.5. The summed E-state index contributed by atoms with van der Waals surface area (Å²) in [6.45, 7) is 2.33. The van der Waals surface area contributed by atoms with E-state index in [0.717, 1.165) is 4.31 Å². The zero-order valence-electron chi connectivity index (χ0n) is 21.8. The van der Waals surface area contributed by atoms with Gasteiger partial charge in [-0.2, -0.15) is 13.2 Å². The van der Waals surface area contributed by atoms with Crippen molar-refractivity contribution in [2.75, 3.05) is 51.7 Å². The molecule has 0 bridgehead atoms. The number of carbonyl (C=O) groups excluding carboxylic acids is 3. The Bertz CT molecular complexity index is 1220. The normalized spacial score (nSPS) is 23.5. The van der Waals surface area contributed by atoms with E-state index in [1.807, 2.05) is 10.2 Å². The Morgan fingerprint density at radius 1 is 1.17 bits per heavy atom. The zero-order valence-corrected chi connectivity index (χ0v) is 23.3. The number of aromatic nitrogens is 1. The van der Waals surface area contributed by atoms with Crippen LogP contribution in [0.25, 0.3) is 0 Å². The summed E-state index contributed by atoms with van der Waals surface area (Å²) in [6, 6.07) is 1.70. The molecule has 1 aromatic rings. The van der Waals surface area contributed by atoms with Crippen LogP contribution in [0.5, 0.6) is 5.88 Å². The van der Waals surface area contributed by atoms with Gasteiger partial charge in [0.25, 0.3) is 5.91 Å². The molecule has 3 fully saturated rings. The van der Waals surface area contributed by atoms with Gasteiger partial charge in [0.05, 0.1) is 18.2 Å². The molecule has 13 nitrogen and oxygen atoms in total. The molecule has 0 radical (unpaired) electrons. The Hall–Kier alpha value is -2.73. The van der Waals surface area contributed by atoms with Gasteiger partial charge in [-0.1, -0.05) is 11.6 Å². The van der Waals surface area contributed by atoms with Gasteiger partial charge in [-0.25, -0.2) is 27.3 Å². The predicted octanol–water partition coefficient (Wildman–Crippen LogP) is 1.33. The number of amides is 3. The van der Waals surface area contributed by atoms with Crippen LogP contribution in [0.4, 0.5) is 18.0 Å². The molecule has 3 amide bonds. The summed E-state index contributed by atoms with van der Waals surface area (Å²) in [6.07, 6.45) is -4.23. The number of halogens is 4. The fraction of sp³-hybridized carbons (Fsp3) is 0.652. The van der Waals surface area contributed by atoms with Gasteiger partial charge < -0.3 is 14.3 Å². The highest BCUT2D eigenvalue weighted by Gasteiger charge is 2.60. The van der Waals surface area contributed by atoms with Gasteiger partial charge in [0.1, 0.15) is 11.9 Å². The molecule has 3 saturated heterocycles. The van der Waals surface area contributed by atoms with E-state index in [0.29, 0.717) is 43.8 Å². The fourth-order valence-electron chi connectivity index (χ4n) is 4.87. The van der Waals surface area contributed by atoms with Crippen LogP contribution in [0.1, 0.15) is 25.7 Å². The molecule has 1 atom stereocenters. The van der Waals surface area contributed by atoms with Gasteiger partial charge in [-0.05, 0) is 38.3 Å². The first kappa shape index (κ1) is 31.2. The average Bonchev–Trinajstić information content (AvgIpc) is 3.13. The van der Waals surface area contributed by atoms with Crippen molar-refractivity contribution in [2.45, 2.75) is 43.5 Å². The largest absolute Gasteiger partial charge is 0.493 e. The number of hydrogen-bond acceptors (Lipinski definition) is 10. The molecule has 3 aliphatic heterocycles. The topological polar surface area (TPSA) is 148 Å². The summed E-state index contributed by atoms with van der Waals surface area (Å²) in [5.74, 6) is -4.71. The molecule has 0 aliphatic carbocycles. The second-order valence-electron chi connectivity index (χ2n) is 9.81. The minimum absolute atomic E-state index is 0.0254. The lowest BCUT2D eigenvalue weighted by atomic mass is 9.95. The number of hydrogen-bond donors (Lipinski definition) is 1. The first-order valence-electron chi connectivity index (χ1n) is 12.8. The molecule has 41 heavy (non-hydrogen) atoms. The van der Waals surface area contributed by atoms with Gasteiger partial charge in [0, 0.05) is 38.4 Å². The van der Waals surface area contributed by atoms with E-state index in [4.69, 9.17) is 21.1 Å². The number of alkyl halides is 3. The van der Waals surface area contributed by atoms with Crippen LogP contribution in [-0.4, -0.2) is 115 Å². The number of urea groups is 1. The van der Waals surface area contributed by atoms with Crippen molar-refractivity contribution in [3.05, 3.63) is 23.4 Å². The summed E-state index contributed by atoms with van der Waals surface area (Å²) in [7, 11) is -4.36. The summed E-state index contributed by atoms with van der Waals surface area (Å²) >= 11 is 5.82. The lowest BCUT2D eigenvalue weighted by molar-refractivity contribution is -0.237. The van der Waals surface area contributed by atoms with Crippen molar-refractivity contribution in [1.82, 2.24) is 24.6 Å². The van der Waals surface area contributed by atoms with Gasteiger partial charge in [-0.15, -0.1) is 5.06 Å². The number of piperidine rings is 1. The number of imide groups is 1. The number of morpholine rings is 1. The van der Waals surface area contributed by atoms with E-state index in [1.165, 1.54) is 6.20 Å². The predicted molar refractivity (Wildman–Crippen MR) is 135 cm³/mol. The van der Waals surface area contributed by atoms with Gasteiger partial charge in [-0.3, -0.25) is 15.0 Å². The van der Waals surface area contributed by atoms with Crippen LogP contribution in [0.2, 0.25) is 5.02 Å². The van der Waals surface area contributed by atoms with E-state index in [2.05, 4.69) is 9.82 Å². The lowest BCUT2D eigenvalue weighted by Gasteiger charge is -2.37. The molecule has 18 heteroatoms. The number of ether oxygens (including phenoxy) is 2. The molecule has 0 aromatic carbocycles. The third-order valence-corrected chi connectivity index (χ3v) is 9.21. The van der Waals surface area contributed by atoms with Crippen molar-refractivity contribution in [1.29, 1.82) is 0 Å². The fourth-order valence-corrected chi connectivity index (χ4v) is 6.93. The van der Waals surface area contributed by atoms with Crippen LogP contribution in [-0.2, 0) is 29.2 Å². The monoisotopic (exact) mass is 627 g/mol. The maximum atomic E-state index is 13.5. The number of nitrogens with zero attached hydrogens (tertiary/aromatic N) is 4. The maximum Gasteiger partial charge on any atom is 0.493 e. The highest BCUT2D eigenvalue weighted by Crippen LogP contribution is 2.33.